The van der Waals surface area contributed by atoms with Crippen LogP contribution in [0.3, 0.4) is 0 Å². The highest BCUT2D eigenvalue weighted by Crippen LogP contribution is 2.29. The van der Waals surface area contributed by atoms with E-state index in [1.165, 1.54) is 12.8 Å². The van der Waals surface area contributed by atoms with Crippen LogP contribution >= 0.6 is 0 Å². The third-order valence-electron chi connectivity index (χ3n) is 2.36. The van der Waals surface area contributed by atoms with Gasteiger partial charge in [0.1, 0.15) is 0 Å². The van der Waals surface area contributed by atoms with Crippen LogP contribution in [0.15, 0.2) is 0 Å². The zero-order chi connectivity index (χ0) is 7.68. The quantitative estimate of drug-likeness (QED) is 0.599. The van der Waals surface area contributed by atoms with Crippen LogP contribution in [0.1, 0.15) is 12.8 Å². The van der Waals surface area contributed by atoms with Crippen LogP contribution in [-0.2, 0) is 4.79 Å². The van der Waals surface area contributed by atoms with E-state index < -0.39 is 0 Å². The second-order valence-electron chi connectivity index (χ2n) is 3.46. The molecule has 1 aliphatic carbocycles. The van der Waals surface area contributed by atoms with Gasteiger partial charge in [-0.1, -0.05) is 0 Å². The standard InChI is InChI=1S/C8H14N2O/c11-8-5-9-3-4-10(8)6-7-1-2-7/h7,9H,1-6H2. The normalized spacial score (nSPS) is 25.8. The van der Waals surface area contributed by atoms with Crippen molar-refractivity contribution in [3.05, 3.63) is 0 Å². The lowest BCUT2D eigenvalue weighted by Crippen LogP contribution is -2.48. The van der Waals surface area contributed by atoms with E-state index in [-0.39, 0.29) is 5.91 Å². The van der Waals surface area contributed by atoms with Gasteiger partial charge in [-0.05, 0) is 18.8 Å². The van der Waals surface area contributed by atoms with E-state index in [0.29, 0.717) is 6.54 Å². The molecule has 0 atom stereocenters. The highest BCUT2D eigenvalue weighted by atomic mass is 16.2. The monoisotopic (exact) mass is 154 g/mol. The van der Waals surface area contributed by atoms with E-state index >= 15 is 0 Å². The Bertz CT molecular complexity index is 165. The van der Waals surface area contributed by atoms with Gasteiger partial charge in [-0.15, -0.1) is 0 Å². The number of carbonyl (C=O) groups excluding carboxylic acids is 1. The molecule has 2 aliphatic rings. The first-order valence-corrected chi connectivity index (χ1v) is 4.35. The third kappa shape index (κ3) is 1.71. The number of piperazine rings is 1. The molecule has 2 fully saturated rings. The summed E-state index contributed by atoms with van der Waals surface area (Å²) in [6.45, 7) is 3.45. The summed E-state index contributed by atoms with van der Waals surface area (Å²) in [5, 5.41) is 3.07. The second kappa shape index (κ2) is 2.81. The van der Waals surface area contributed by atoms with Crippen LogP contribution in [0, 0.1) is 5.92 Å². The maximum absolute atomic E-state index is 11.2. The molecule has 0 aromatic heterocycles. The molecule has 0 spiro atoms. The maximum atomic E-state index is 11.2. The van der Waals surface area contributed by atoms with Crippen molar-refractivity contribution in [2.24, 2.45) is 5.92 Å². The molecule has 0 aromatic carbocycles. The lowest BCUT2D eigenvalue weighted by molar-refractivity contribution is -0.132. The summed E-state index contributed by atoms with van der Waals surface area (Å²) in [6, 6.07) is 0. The van der Waals surface area contributed by atoms with Crippen LogP contribution in [0.2, 0.25) is 0 Å². The highest BCUT2D eigenvalue weighted by molar-refractivity contribution is 5.79. The Labute approximate surface area is 66.8 Å². The topological polar surface area (TPSA) is 32.3 Å². The third-order valence-corrected chi connectivity index (χ3v) is 2.36. The van der Waals surface area contributed by atoms with E-state index in [4.69, 9.17) is 0 Å². The Hall–Kier alpha value is -0.570. The first-order valence-electron chi connectivity index (χ1n) is 4.35. The Kier molecular flexibility index (Phi) is 1.82. The molecule has 0 aromatic rings. The zero-order valence-corrected chi connectivity index (χ0v) is 6.68. The Morgan fingerprint density at radius 1 is 1.55 bits per heavy atom. The minimum atomic E-state index is 0.281. The van der Waals surface area contributed by atoms with Crippen molar-refractivity contribution in [3.8, 4) is 0 Å². The van der Waals surface area contributed by atoms with Crippen LogP contribution < -0.4 is 5.32 Å². The summed E-state index contributed by atoms with van der Waals surface area (Å²) in [6.07, 6.45) is 2.66. The van der Waals surface area contributed by atoms with Crippen LogP contribution in [0.4, 0.5) is 0 Å². The van der Waals surface area contributed by atoms with Gasteiger partial charge in [-0.2, -0.15) is 0 Å². The van der Waals surface area contributed by atoms with Gasteiger partial charge in [-0.3, -0.25) is 4.79 Å². The first-order chi connectivity index (χ1) is 5.36. The van der Waals surface area contributed by atoms with E-state index in [1.54, 1.807) is 0 Å². The van der Waals surface area contributed by atoms with Crippen LogP contribution in [0.5, 0.6) is 0 Å². The van der Waals surface area contributed by atoms with Gasteiger partial charge in [0.25, 0.3) is 0 Å². The lowest BCUT2D eigenvalue weighted by atomic mass is 10.3. The average Bonchev–Trinajstić information content (AvgIpc) is 2.78. The van der Waals surface area contributed by atoms with E-state index in [0.717, 1.165) is 25.6 Å². The molecule has 1 saturated carbocycles. The molecular formula is C8H14N2O. The SMILES string of the molecule is O=C1CNCCN1CC1CC1. The average molecular weight is 154 g/mol. The summed E-state index contributed by atoms with van der Waals surface area (Å²) >= 11 is 0. The summed E-state index contributed by atoms with van der Waals surface area (Å²) in [5.41, 5.74) is 0. The van der Waals surface area contributed by atoms with Gasteiger partial charge in [-0.25, -0.2) is 0 Å². The smallest absolute Gasteiger partial charge is 0.236 e. The fourth-order valence-electron chi connectivity index (χ4n) is 1.45. The van der Waals surface area contributed by atoms with Crippen molar-refractivity contribution in [3.63, 3.8) is 0 Å². The van der Waals surface area contributed by atoms with E-state index in [1.807, 2.05) is 4.90 Å². The molecule has 62 valence electrons. The Morgan fingerprint density at radius 3 is 3.00 bits per heavy atom. The largest absolute Gasteiger partial charge is 0.340 e. The number of rotatable bonds is 2. The molecule has 1 amide bonds. The van der Waals surface area contributed by atoms with Gasteiger partial charge in [0.15, 0.2) is 0 Å². The molecule has 3 nitrogen and oxygen atoms in total. The zero-order valence-electron chi connectivity index (χ0n) is 6.68. The summed E-state index contributed by atoms with van der Waals surface area (Å²) in [7, 11) is 0. The molecule has 1 saturated heterocycles. The van der Waals surface area contributed by atoms with E-state index in [9.17, 15) is 4.79 Å². The molecule has 3 heteroatoms. The predicted octanol–water partition coefficient (Wildman–Crippen LogP) is -0.172. The number of nitrogens with zero attached hydrogens (tertiary/aromatic N) is 1. The maximum Gasteiger partial charge on any atom is 0.236 e. The molecule has 11 heavy (non-hydrogen) atoms. The van der Waals surface area contributed by atoms with Crippen molar-refractivity contribution >= 4 is 5.91 Å². The summed E-state index contributed by atoms with van der Waals surface area (Å²) in [5.74, 6) is 1.11. The van der Waals surface area contributed by atoms with Crippen LogP contribution in [0.25, 0.3) is 0 Å². The van der Waals surface area contributed by atoms with Gasteiger partial charge >= 0.3 is 0 Å². The molecule has 0 unspecified atom stereocenters. The predicted molar refractivity (Wildman–Crippen MR) is 42.2 cm³/mol. The first kappa shape index (κ1) is 7.10. The van der Waals surface area contributed by atoms with Gasteiger partial charge in [0, 0.05) is 19.6 Å². The number of amides is 1. The molecular weight excluding hydrogens is 140 g/mol. The summed E-state index contributed by atoms with van der Waals surface area (Å²) in [4.78, 5) is 13.2. The van der Waals surface area contributed by atoms with E-state index in [2.05, 4.69) is 5.32 Å². The molecule has 0 bridgehead atoms. The van der Waals surface area contributed by atoms with Gasteiger partial charge in [0.2, 0.25) is 5.91 Å². The Morgan fingerprint density at radius 2 is 2.36 bits per heavy atom. The molecule has 1 N–H and O–H groups in total. The van der Waals surface area contributed by atoms with Crippen molar-refractivity contribution in [2.45, 2.75) is 12.8 Å². The number of carbonyl (C=O) groups is 1. The number of hydrogen-bond acceptors (Lipinski definition) is 2. The van der Waals surface area contributed by atoms with Gasteiger partial charge in [0.05, 0.1) is 6.54 Å². The fraction of sp³-hybridized carbons (Fsp3) is 0.875. The van der Waals surface area contributed by atoms with Crippen molar-refractivity contribution in [1.82, 2.24) is 10.2 Å². The lowest BCUT2D eigenvalue weighted by Gasteiger charge is -2.27. The summed E-state index contributed by atoms with van der Waals surface area (Å²) < 4.78 is 0. The minimum absolute atomic E-state index is 0.281. The van der Waals surface area contributed by atoms with Crippen molar-refractivity contribution in [2.75, 3.05) is 26.2 Å². The second-order valence-corrected chi connectivity index (χ2v) is 3.46. The number of hydrogen-bond donors (Lipinski definition) is 1. The molecule has 1 heterocycles. The van der Waals surface area contributed by atoms with Gasteiger partial charge < -0.3 is 10.2 Å². The van der Waals surface area contributed by atoms with Crippen molar-refractivity contribution in [1.29, 1.82) is 0 Å². The highest BCUT2D eigenvalue weighted by Gasteiger charge is 2.27. The molecule has 2 rings (SSSR count). The minimum Gasteiger partial charge on any atom is -0.340 e. The Balaban J connectivity index is 1.83. The molecule has 0 radical (unpaired) electrons. The van der Waals surface area contributed by atoms with Crippen LogP contribution in [-0.4, -0.2) is 37.0 Å². The van der Waals surface area contributed by atoms with Crippen molar-refractivity contribution < 1.29 is 4.79 Å². The molecule has 1 aliphatic heterocycles. The number of nitrogens with one attached hydrogen (secondary N) is 1. The fourth-order valence-corrected chi connectivity index (χ4v) is 1.45.